The molecule has 1 aliphatic heterocycles. The van der Waals surface area contributed by atoms with E-state index in [2.05, 4.69) is 250 Å². The van der Waals surface area contributed by atoms with E-state index in [0.717, 1.165) is 17.1 Å². The second kappa shape index (κ2) is 13.4. The summed E-state index contributed by atoms with van der Waals surface area (Å²) in [7, 11) is -2.62. The Bertz CT molecular complexity index is 3700. The summed E-state index contributed by atoms with van der Waals surface area (Å²) in [5.41, 5.74) is 13.3. The van der Waals surface area contributed by atoms with Crippen LogP contribution in [0.15, 0.2) is 237 Å². The highest BCUT2D eigenvalue weighted by Gasteiger charge is 2.48. The van der Waals surface area contributed by atoms with Crippen LogP contribution in [0.3, 0.4) is 0 Å². The third-order valence-electron chi connectivity index (χ3n) is 14.1. The molecule has 4 heteroatoms. The molecule has 64 heavy (non-hydrogen) atoms. The summed E-state index contributed by atoms with van der Waals surface area (Å²) in [6, 6.07) is 88.4. The van der Waals surface area contributed by atoms with Gasteiger partial charge < -0.3 is 13.7 Å². The van der Waals surface area contributed by atoms with E-state index in [1.807, 2.05) is 0 Å². The Labute approximate surface area is 370 Å². The minimum absolute atomic E-state index is 1.15. The Morgan fingerprint density at radius 2 is 0.578 bits per heavy atom. The van der Waals surface area contributed by atoms with Gasteiger partial charge in [-0.3, -0.25) is 0 Å². The SMILES string of the molecule is c1ccc([Si]2(c3ccccc3)c3ccccc3-c3cc(-n4c5ccc(-n6c7ccccc7c7ccccc76)cc5c5cc(-n6c7ccccc7c7ccccc76)ccc54)ccc32)cc1. The molecule has 0 aliphatic carbocycles. The third kappa shape index (κ3) is 4.75. The molecule has 10 aromatic carbocycles. The van der Waals surface area contributed by atoms with Crippen molar-refractivity contribution < 1.29 is 0 Å². The molecule has 0 spiro atoms. The van der Waals surface area contributed by atoms with Crippen molar-refractivity contribution in [2.75, 3.05) is 0 Å². The summed E-state index contributed by atoms with van der Waals surface area (Å²) >= 11 is 0. The Morgan fingerprint density at radius 3 is 1.05 bits per heavy atom. The molecular weight excluding hydrogens is 791 g/mol. The standard InChI is InChI=1S/C60H39N3Si/c1-3-17-43(18-4-1)64(44-19-5-2-6-20-44)59-30-16-11-25-49(59)52-39-42(33-36-60(52)64)63-57-34-31-40(61-53-26-12-7-21-45(53)46-22-8-13-27-54(46)61)37-50(57)51-38-41(32-35-58(51)63)62-55-28-14-9-23-47(55)48-24-10-15-29-56(48)62/h1-39H. The molecule has 3 aromatic heterocycles. The van der Waals surface area contributed by atoms with E-state index in [9.17, 15) is 0 Å². The normalized spacial score (nSPS) is 13.1. The Morgan fingerprint density at radius 1 is 0.234 bits per heavy atom. The zero-order chi connectivity index (χ0) is 41.9. The highest BCUT2D eigenvalue weighted by molar-refractivity contribution is 7.22. The maximum absolute atomic E-state index is 2.62. The minimum atomic E-state index is -2.62. The lowest BCUT2D eigenvalue weighted by molar-refractivity contribution is 1.16. The average molecular weight is 830 g/mol. The van der Waals surface area contributed by atoms with Gasteiger partial charge in [-0.05, 0) is 105 Å². The molecule has 0 radical (unpaired) electrons. The third-order valence-corrected chi connectivity index (χ3v) is 19.0. The Hall–Kier alpha value is -8.18. The molecule has 0 saturated heterocycles. The Balaban J connectivity index is 1.06. The van der Waals surface area contributed by atoms with Gasteiger partial charge in [-0.25, -0.2) is 0 Å². The molecule has 14 rings (SSSR count). The molecule has 3 nitrogen and oxygen atoms in total. The lowest BCUT2D eigenvalue weighted by Gasteiger charge is -2.31. The first kappa shape index (κ1) is 35.4. The first-order valence-corrected chi connectivity index (χ1v) is 24.2. The van der Waals surface area contributed by atoms with Gasteiger partial charge in [0.1, 0.15) is 0 Å². The summed E-state index contributed by atoms with van der Waals surface area (Å²) in [6.45, 7) is 0. The molecule has 0 unspecified atom stereocenters. The van der Waals surface area contributed by atoms with Crippen molar-refractivity contribution in [3.8, 4) is 28.2 Å². The van der Waals surface area contributed by atoms with Crippen molar-refractivity contribution in [3.63, 3.8) is 0 Å². The molecule has 0 bridgehead atoms. The average Bonchev–Trinajstić information content (AvgIpc) is 4.08. The van der Waals surface area contributed by atoms with Gasteiger partial charge >= 0.3 is 0 Å². The molecule has 1 aliphatic rings. The number of hydrogen-bond acceptors (Lipinski definition) is 0. The van der Waals surface area contributed by atoms with Gasteiger partial charge in [-0.1, -0.05) is 164 Å². The van der Waals surface area contributed by atoms with Crippen LogP contribution in [0.4, 0.5) is 0 Å². The zero-order valence-electron chi connectivity index (χ0n) is 34.9. The highest BCUT2D eigenvalue weighted by atomic mass is 28.3. The van der Waals surface area contributed by atoms with Crippen molar-refractivity contribution in [2.24, 2.45) is 0 Å². The van der Waals surface area contributed by atoms with Crippen LogP contribution in [-0.4, -0.2) is 21.8 Å². The molecule has 0 N–H and O–H groups in total. The summed E-state index contributed by atoms with van der Waals surface area (Å²) in [5, 5.41) is 13.2. The number of aromatic nitrogens is 3. The summed E-state index contributed by atoms with van der Waals surface area (Å²) in [4.78, 5) is 0. The summed E-state index contributed by atoms with van der Waals surface area (Å²) < 4.78 is 7.38. The van der Waals surface area contributed by atoms with Gasteiger partial charge in [0.15, 0.2) is 8.07 Å². The van der Waals surface area contributed by atoms with Crippen LogP contribution in [0.25, 0.3) is 93.6 Å². The van der Waals surface area contributed by atoms with Crippen LogP contribution in [0, 0.1) is 0 Å². The highest BCUT2D eigenvalue weighted by Crippen LogP contribution is 2.40. The van der Waals surface area contributed by atoms with Crippen molar-refractivity contribution >= 4 is 94.2 Å². The zero-order valence-corrected chi connectivity index (χ0v) is 35.9. The van der Waals surface area contributed by atoms with E-state index in [0.29, 0.717) is 0 Å². The smallest absolute Gasteiger partial charge is 0.180 e. The van der Waals surface area contributed by atoms with Crippen molar-refractivity contribution in [1.29, 1.82) is 0 Å². The van der Waals surface area contributed by atoms with Crippen molar-refractivity contribution in [2.45, 2.75) is 0 Å². The van der Waals surface area contributed by atoms with Gasteiger partial charge in [0, 0.05) is 49.4 Å². The maximum atomic E-state index is 2.51. The maximum Gasteiger partial charge on any atom is 0.180 e. The fraction of sp³-hybridized carbons (Fsp3) is 0. The topological polar surface area (TPSA) is 14.8 Å². The second-order valence-electron chi connectivity index (χ2n) is 17.2. The predicted molar refractivity (Wildman–Crippen MR) is 272 cm³/mol. The van der Waals surface area contributed by atoms with E-state index in [1.165, 1.54) is 97.3 Å². The van der Waals surface area contributed by atoms with Crippen LogP contribution in [0.1, 0.15) is 0 Å². The summed E-state index contributed by atoms with van der Waals surface area (Å²) in [5.74, 6) is 0. The van der Waals surface area contributed by atoms with Gasteiger partial charge in [-0.15, -0.1) is 0 Å². The molecule has 0 saturated carbocycles. The van der Waals surface area contributed by atoms with Crippen LogP contribution in [-0.2, 0) is 0 Å². The number of para-hydroxylation sites is 4. The number of nitrogens with zero attached hydrogens (tertiary/aromatic N) is 3. The van der Waals surface area contributed by atoms with Gasteiger partial charge in [0.05, 0.1) is 33.1 Å². The lowest BCUT2D eigenvalue weighted by atomic mass is 10.1. The number of fused-ring (bicyclic) bond motifs is 12. The van der Waals surface area contributed by atoms with Crippen molar-refractivity contribution in [3.05, 3.63) is 237 Å². The van der Waals surface area contributed by atoms with Gasteiger partial charge in [0.25, 0.3) is 0 Å². The molecule has 298 valence electrons. The van der Waals surface area contributed by atoms with Crippen LogP contribution in [0.5, 0.6) is 0 Å². The fourth-order valence-electron chi connectivity index (χ4n) is 11.5. The molecule has 0 fully saturated rings. The number of hydrogen-bond donors (Lipinski definition) is 0. The van der Waals surface area contributed by atoms with E-state index < -0.39 is 8.07 Å². The van der Waals surface area contributed by atoms with Gasteiger partial charge in [-0.2, -0.15) is 0 Å². The molecule has 4 heterocycles. The first-order valence-electron chi connectivity index (χ1n) is 22.2. The van der Waals surface area contributed by atoms with Crippen LogP contribution < -0.4 is 20.7 Å². The van der Waals surface area contributed by atoms with E-state index in [4.69, 9.17) is 0 Å². The Kier molecular flexibility index (Phi) is 7.42. The molecular formula is C60H39N3Si. The fourth-order valence-corrected chi connectivity index (χ4v) is 16.7. The second-order valence-corrected chi connectivity index (χ2v) is 21.0. The minimum Gasteiger partial charge on any atom is -0.309 e. The largest absolute Gasteiger partial charge is 0.309 e. The van der Waals surface area contributed by atoms with E-state index in [1.54, 1.807) is 0 Å². The van der Waals surface area contributed by atoms with Gasteiger partial charge in [0.2, 0.25) is 0 Å². The van der Waals surface area contributed by atoms with E-state index in [-0.39, 0.29) is 0 Å². The predicted octanol–water partition coefficient (Wildman–Crippen LogP) is 12.3. The number of benzene rings is 10. The first-order chi connectivity index (χ1) is 31.8. The number of rotatable bonds is 5. The molecule has 13 aromatic rings. The van der Waals surface area contributed by atoms with Crippen LogP contribution in [0.2, 0.25) is 0 Å². The molecule has 0 atom stereocenters. The lowest BCUT2D eigenvalue weighted by Crippen LogP contribution is -2.72. The summed E-state index contributed by atoms with van der Waals surface area (Å²) in [6.07, 6.45) is 0. The molecule has 0 amide bonds. The van der Waals surface area contributed by atoms with E-state index >= 15 is 0 Å². The quantitative estimate of drug-likeness (QED) is 0.154. The monoisotopic (exact) mass is 829 g/mol. The van der Waals surface area contributed by atoms with Crippen LogP contribution >= 0.6 is 0 Å². The van der Waals surface area contributed by atoms with Crippen molar-refractivity contribution in [1.82, 2.24) is 13.7 Å².